The molecule has 0 saturated carbocycles. The number of rotatable bonds is 2. The Morgan fingerprint density at radius 1 is 1.14 bits per heavy atom. The Morgan fingerprint density at radius 2 is 1.90 bits per heavy atom. The van der Waals surface area contributed by atoms with Gasteiger partial charge in [-0.15, -0.1) is 0 Å². The smallest absolute Gasteiger partial charge is 0.155 e. The first kappa shape index (κ1) is 13.8. The third-order valence-electron chi connectivity index (χ3n) is 3.76. The highest BCUT2D eigenvalue weighted by molar-refractivity contribution is 5.80. The van der Waals surface area contributed by atoms with Crippen LogP contribution in [0.15, 0.2) is 30.6 Å². The molecule has 1 aromatic carbocycles. The molecule has 0 atom stereocenters. The second kappa shape index (κ2) is 5.65. The topological polar surface area (TPSA) is 58.3 Å². The number of aromatic nitrogens is 2. The second-order valence-electron chi connectivity index (χ2n) is 5.26. The van der Waals surface area contributed by atoms with Crippen molar-refractivity contribution in [2.24, 2.45) is 0 Å². The maximum absolute atomic E-state index is 13.4. The molecule has 1 fully saturated rings. The van der Waals surface area contributed by atoms with Crippen LogP contribution in [0.4, 0.5) is 15.9 Å². The zero-order valence-electron chi connectivity index (χ0n) is 12.0. The van der Waals surface area contributed by atoms with E-state index in [0.29, 0.717) is 16.9 Å². The van der Waals surface area contributed by atoms with Crippen LogP contribution in [0, 0.1) is 5.82 Å². The van der Waals surface area contributed by atoms with E-state index in [0.717, 1.165) is 32.0 Å². The third kappa shape index (κ3) is 2.80. The molecule has 3 rings (SSSR count). The van der Waals surface area contributed by atoms with E-state index in [2.05, 4.69) is 26.8 Å². The average molecular weight is 287 g/mol. The van der Waals surface area contributed by atoms with Crippen molar-refractivity contribution in [1.29, 1.82) is 0 Å². The lowest BCUT2D eigenvalue weighted by Crippen LogP contribution is -2.45. The lowest BCUT2D eigenvalue weighted by Gasteiger charge is -2.33. The molecule has 1 saturated heterocycles. The second-order valence-corrected chi connectivity index (χ2v) is 5.26. The van der Waals surface area contributed by atoms with Crippen molar-refractivity contribution in [2.45, 2.75) is 0 Å². The first-order valence-electron chi connectivity index (χ1n) is 6.95. The number of halogens is 1. The summed E-state index contributed by atoms with van der Waals surface area (Å²) in [5, 5.41) is 0. The SMILES string of the molecule is CN1CCN(c2ncnc(-c3cccc(F)c3)c2N)CC1. The number of anilines is 2. The van der Waals surface area contributed by atoms with Crippen molar-refractivity contribution in [2.75, 3.05) is 43.9 Å². The summed E-state index contributed by atoms with van der Waals surface area (Å²) >= 11 is 0. The molecule has 2 heterocycles. The number of benzene rings is 1. The number of hydrogen-bond donors (Lipinski definition) is 1. The number of nitrogens with two attached hydrogens (primary N) is 1. The summed E-state index contributed by atoms with van der Waals surface area (Å²) in [6.07, 6.45) is 1.49. The molecule has 0 radical (unpaired) electrons. The largest absolute Gasteiger partial charge is 0.394 e. The molecule has 0 bridgehead atoms. The van der Waals surface area contributed by atoms with Gasteiger partial charge in [0.25, 0.3) is 0 Å². The molecule has 0 spiro atoms. The van der Waals surface area contributed by atoms with Crippen molar-refractivity contribution in [3.05, 3.63) is 36.4 Å². The van der Waals surface area contributed by atoms with Crippen LogP contribution < -0.4 is 10.6 Å². The van der Waals surface area contributed by atoms with E-state index < -0.39 is 0 Å². The normalized spacial score (nSPS) is 16.2. The van der Waals surface area contributed by atoms with Gasteiger partial charge in [-0.2, -0.15) is 0 Å². The predicted octanol–water partition coefficient (Wildman–Crippen LogP) is 1.62. The molecule has 1 aliphatic rings. The zero-order valence-corrected chi connectivity index (χ0v) is 12.0. The maximum Gasteiger partial charge on any atom is 0.155 e. The molecule has 110 valence electrons. The zero-order chi connectivity index (χ0) is 14.8. The molecular weight excluding hydrogens is 269 g/mol. The van der Waals surface area contributed by atoms with E-state index in [9.17, 15) is 4.39 Å². The summed E-state index contributed by atoms with van der Waals surface area (Å²) in [5.41, 5.74) is 7.99. The van der Waals surface area contributed by atoms with Gasteiger partial charge in [0, 0.05) is 31.7 Å². The Labute approximate surface area is 123 Å². The van der Waals surface area contributed by atoms with Crippen molar-refractivity contribution >= 4 is 11.5 Å². The summed E-state index contributed by atoms with van der Waals surface area (Å²) in [7, 11) is 2.10. The van der Waals surface area contributed by atoms with Crippen LogP contribution in [0.3, 0.4) is 0 Å². The quantitative estimate of drug-likeness (QED) is 0.909. The molecule has 6 heteroatoms. The van der Waals surface area contributed by atoms with Crippen LogP contribution in [0.5, 0.6) is 0 Å². The highest BCUT2D eigenvalue weighted by Gasteiger charge is 2.20. The minimum atomic E-state index is -0.299. The first-order chi connectivity index (χ1) is 10.1. The van der Waals surface area contributed by atoms with E-state index in [1.807, 2.05) is 0 Å². The summed E-state index contributed by atoms with van der Waals surface area (Å²) in [5.74, 6) is 0.434. The van der Waals surface area contributed by atoms with E-state index in [1.165, 1.54) is 18.5 Å². The Morgan fingerprint density at radius 3 is 2.62 bits per heavy atom. The van der Waals surface area contributed by atoms with Crippen LogP contribution in [0.2, 0.25) is 0 Å². The van der Waals surface area contributed by atoms with Gasteiger partial charge in [-0.1, -0.05) is 12.1 Å². The molecule has 0 unspecified atom stereocenters. The molecule has 0 aliphatic carbocycles. The van der Waals surface area contributed by atoms with Gasteiger partial charge in [0.05, 0.1) is 5.69 Å². The lowest BCUT2D eigenvalue weighted by atomic mass is 10.1. The number of nitrogens with zero attached hydrogens (tertiary/aromatic N) is 4. The van der Waals surface area contributed by atoms with Gasteiger partial charge in [-0.05, 0) is 19.2 Å². The Balaban J connectivity index is 1.95. The molecule has 1 aliphatic heterocycles. The monoisotopic (exact) mass is 287 g/mol. The highest BCUT2D eigenvalue weighted by atomic mass is 19.1. The molecule has 2 aromatic rings. The van der Waals surface area contributed by atoms with Gasteiger partial charge in [-0.25, -0.2) is 14.4 Å². The van der Waals surface area contributed by atoms with E-state index >= 15 is 0 Å². The van der Waals surface area contributed by atoms with Crippen LogP contribution in [-0.4, -0.2) is 48.1 Å². The fourth-order valence-corrected chi connectivity index (χ4v) is 2.52. The van der Waals surface area contributed by atoms with Gasteiger partial charge in [0.15, 0.2) is 5.82 Å². The van der Waals surface area contributed by atoms with Crippen molar-refractivity contribution in [3.8, 4) is 11.3 Å². The molecule has 5 nitrogen and oxygen atoms in total. The molecule has 2 N–H and O–H groups in total. The van der Waals surface area contributed by atoms with Crippen LogP contribution in [-0.2, 0) is 0 Å². The van der Waals surface area contributed by atoms with Crippen LogP contribution in [0.1, 0.15) is 0 Å². The fourth-order valence-electron chi connectivity index (χ4n) is 2.52. The highest BCUT2D eigenvalue weighted by Crippen LogP contribution is 2.30. The molecule has 21 heavy (non-hydrogen) atoms. The van der Waals surface area contributed by atoms with E-state index in [-0.39, 0.29) is 5.82 Å². The Kier molecular flexibility index (Phi) is 3.70. The van der Waals surface area contributed by atoms with Gasteiger partial charge < -0.3 is 15.5 Å². The molecule has 0 amide bonds. The summed E-state index contributed by atoms with van der Waals surface area (Å²) in [6, 6.07) is 6.30. The van der Waals surface area contributed by atoms with Crippen LogP contribution in [0.25, 0.3) is 11.3 Å². The van der Waals surface area contributed by atoms with Gasteiger partial charge >= 0.3 is 0 Å². The minimum Gasteiger partial charge on any atom is -0.394 e. The minimum absolute atomic E-state index is 0.299. The van der Waals surface area contributed by atoms with Crippen molar-refractivity contribution in [3.63, 3.8) is 0 Å². The molecular formula is C15H18FN5. The Hall–Kier alpha value is -2.21. The number of piperazine rings is 1. The third-order valence-corrected chi connectivity index (χ3v) is 3.76. The lowest BCUT2D eigenvalue weighted by molar-refractivity contribution is 0.312. The summed E-state index contributed by atoms with van der Waals surface area (Å²) < 4.78 is 13.4. The maximum atomic E-state index is 13.4. The number of nitrogen functional groups attached to an aromatic ring is 1. The van der Waals surface area contributed by atoms with Crippen molar-refractivity contribution in [1.82, 2.24) is 14.9 Å². The summed E-state index contributed by atoms with van der Waals surface area (Å²) in [6.45, 7) is 3.69. The Bertz CT molecular complexity index is 638. The van der Waals surface area contributed by atoms with E-state index in [1.54, 1.807) is 12.1 Å². The van der Waals surface area contributed by atoms with E-state index in [4.69, 9.17) is 5.73 Å². The van der Waals surface area contributed by atoms with Crippen molar-refractivity contribution < 1.29 is 4.39 Å². The fraction of sp³-hybridized carbons (Fsp3) is 0.333. The van der Waals surface area contributed by atoms with Gasteiger partial charge in [0.1, 0.15) is 17.8 Å². The predicted molar refractivity (Wildman–Crippen MR) is 81.5 cm³/mol. The molecule has 1 aromatic heterocycles. The number of likely N-dealkylation sites (N-methyl/N-ethyl adjacent to an activating group) is 1. The van der Waals surface area contributed by atoms with Gasteiger partial charge in [0.2, 0.25) is 0 Å². The van der Waals surface area contributed by atoms with Gasteiger partial charge in [-0.3, -0.25) is 0 Å². The standard InChI is InChI=1S/C15H18FN5/c1-20-5-7-21(8-6-20)15-13(17)14(18-10-19-15)11-3-2-4-12(16)9-11/h2-4,9-10H,5-8,17H2,1H3. The summed E-state index contributed by atoms with van der Waals surface area (Å²) in [4.78, 5) is 13.0. The first-order valence-corrected chi connectivity index (χ1v) is 6.95. The van der Waals surface area contributed by atoms with Crippen LogP contribution >= 0.6 is 0 Å². The average Bonchev–Trinajstić information content (AvgIpc) is 2.48. The number of hydrogen-bond acceptors (Lipinski definition) is 5.